The lowest BCUT2D eigenvalue weighted by Crippen LogP contribution is -2.50. The molecule has 0 spiro atoms. The van der Waals surface area contributed by atoms with Gasteiger partial charge in [-0.25, -0.2) is 8.78 Å². The molecule has 16 heavy (non-hydrogen) atoms. The molecule has 0 amide bonds. The highest BCUT2D eigenvalue weighted by atomic mass is 32.2. The quantitative estimate of drug-likeness (QED) is 0.746. The lowest BCUT2D eigenvalue weighted by Gasteiger charge is -2.32. The van der Waals surface area contributed by atoms with Crippen molar-refractivity contribution >= 4 is 10.1 Å². The summed E-state index contributed by atoms with van der Waals surface area (Å²) in [4.78, 5) is 0. The summed E-state index contributed by atoms with van der Waals surface area (Å²) >= 11 is 0. The van der Waals surface area contributed by atoms with Crippen molar-refractivity contribution in [1.82, 2.24) is 0 Å². The molecule has 7 heteroatoms. The molecule has 0 heterocycles. The molecule has 0 unspecified atom stereocenters. The van der Waals surface area contributed by atoms with E-state index < -0.39 is 27.8 Å². The second kappa shape index (κ2) is 4.93. The van der Waals surface area contributed by atoms with E-state index in [9.17, 15) is 17.2 Å². The number of halogens is 2. The van der Waals surface area contributed by atoms with Gasteiger partial charge in [-0.1, -0.05) is 19.3 Å². The van der Waals surface area contributed by atoms with E-state index in [0.29, 0.717) is 12.8 Å². The monoisotopic (exact) mass is 257 g/mol. The topological polar surface area (TPSA) is 80.4 Å². The molecule has 96 valence electrons. The van der Waals surface area contributed by atoms with Gasteiger partial charge in [-0.2, -0.15) is 8.42 Å². The first kappa shape index (κ1) is 13.8. The summed E-state index contributed by atoms with van der Waals surface area (Å²) in [6.07, 6.45) is 3.90. The van der Waals surface area contributed by atoms with E-state index in [2.05, 4.69) is 0 Å². The zero-order valence-electron chi connectivity index (χ0n) is 8.90. The average molecular weight is 257 g/mol. The van der Waals surface area contributed by atoms with Gasteiger partial charge in [-0.15, -0.1) is 0 Å². The molecule has 1 aliphatic rings. The maximum absolute atomic E-state index is 13.4. The number of hydrogen-bond donors (Lipinski definition) is 2. The first-order chi connectivity index (χ1) is 7.22. The zero-order valence-corrected chi connectivity index (χ0v) is 9.72. The predicted molar refractivity (Wildman–Crippen MR) is 55.9 cm³/mol. The van der Waals surface area contributed by atoms with Crippen molar-refractivity contribution < 1.29 is 21.8 Å². The van der Waals surface area contributed by atoms with E-state index in [4.69, 9.17) is 10.3 Å². The van der Waals surface area contributed by atoms with Crippen LogP contribution in [0.4, 0.5) is 8.78 Å². The van der Waals surface area contributed by atoms with Gasteiger partial charge in [0.25, 0.3) is 16.0 Å². The molecule has 0 aromatic carbocycles. The molecule has 0 aromatic heterocycles. The van der Waals surface area contributed by atoms with Gasteiger partial charge in [-0.3, -0.25) is 4.55 Å². The van der Waals surface area contributed by atoms with Gasteiger partial charge in [0.05, 0.1) is 6.04 Å². The Hall–Kier alpha value is -0.270. The van der Waals surface area contributed by atoms with E-state index in [1.54, 1.807) is 0 Å². The third-order valence-corrected chi connectivity index (χ3v) is 3.77. The summed E-state index contributed by atoms with van der Waals surface area (Å²) in [5, 5.41) is 0. The fourth-order valence-corrected chi connectivity index (χ4v) is 2.86. The maximum atomic E-state index is 13.4. The third kappa shape index (κ3) is 3.95. The minimum atomic E-state index is -4.70. The summed E-state index contributed by atoms with van der Waals surface area (Å²) in [5.74, 6) is -5.50. The average Bonchev–Trinajstić information content (AvgIpc) is 2.14. The largest absolute Gasteiger partial charge is 0.322 e. The van der Waals surface area contributed by atoms with Crippen molar-refractivity contribution in [3.8, 4) is 0 Å². The Morgan fingerprint density at radius 2 is 1.81 bits per heavy atom. The fraction of sp³-hybridized carbons (Fsp3) is 1.00. The molecular formula is C9H17F2NO3S. The molecule has 0 aliphatic heterocycles. The molecule has 0 aromatic rings. The second-order valence-electron chi connectivity index (χ2n) is 4.41. The summed E-state index contributed by atoms with van der Waals surface area (Å²) in [5.41, 5.74) is 5.41. The Morgan fingerprint density at radius 3 is 2.25 bits per heavy atom. The number of alkyl halides is 2. The molecule has 0 saturated heterocycles. The molecule has 0 radical (unpaired) electrons. The normalized spacial score (nSPS) is 22.0. The summed E-state index contributed by atoms with van der Waals surface area (Å²) in [6, 6.07) is -1.49. The third-order valence-electron chi connectivity index (χ3n) is 3.02. The summed E-state index contributed by atoms with van der Waals surface area (Å²) < 4.78 is 56.2. The summed E-state index contributed by atoms with van der Waals surface area (Å²) in [6.45, 7) is 0. The van der Waals surface area contributed by atoms with Crippen LogP contribution in [0.25, 0.3) is 0 Å². The highest BCUT2D eigenvalue weighted by molar-refractivity contribution is 7.85. The van der Waals surface area contributed by atoms with Crippen LogP contribution in [-0.2, 0) is 10.1 Å². The van der Waals surface area contributed by atoms with Gasteiger partial charge in [0.15, 0.2) is 0 Å². The Balaban J connectivity index is 2.66. The first-order valence-electron chi connectivity index (χ1n) is 5.31. The van der Waals surface area contributed by atoms with Crippen LogP contribution in [-0.4, -0.2) is 30.7 Å². The number of rotatable bonds is 4. The zero-order chi connectivity index (χ0) is 12.4. The van der Waals surface area contributed by atoms with E-state index in [1.807, 2.05) is 0 Å². The number of hydrogen-bond acceptors (Lipinski definition) is 3. The second-order valence-corrected chi connectivity index (χ2v) is 5.86. The lowest BCUT2D eigenvalue weighted by molar-refractivity contribution is -0.0274. The van der Waals surface area contributed by atoms with Gasteiger partial charge in [0.1, 0.15) is 5.75 Å². The van der Waals surface area contributed by atoms with Crippen LogP contribution in [0, 0.1) is 5.92 Å². The first-order valence-corrected chi connectivity index (χ1v) is 6.92. The molecular weight excluding hydrogens is 240 g/mol. The van der Waals surface area contributed by atoms with Gasteiger partial charge < -0.3 is 5.73 Å². The maximum Gasteiger partial charge on any atom is 0.279 e. The lowest BCUT2D eigenvalue weighted by atomic mass is 9.82. The van der Waals surface area contributed by atoms with Gasteiger partial charge >= 0.3 is 0 Å². The fourth-order valence-electron chi connectivity index (χ4n) is 2.18. The molecule has 1 fully saturated rings. The van der Waals surface area contributed by atoms with Crippen molar-refractivity contribution in [3.05, 3.63) is 0 Å². The van der Waals surface area contributed by atoms with Crippen molar-refractivity contribution in [1.29, 1.82) is 0 Å². The molecule has 1 aliphatic carbocycles. The van der Waals surface area contributed by atoms with E-state index in [1.165, 1.54) is 0 Å². The van der Waals surface area contributed by atoms with Crippen molar-refractivity contribution in [3.63, 3.8) is 0 Å². The Bertz CT molecular complexity index is 326. The van der Waals surface area contributed by atoms with E-state index in [0.717, 1.165) is 19.3 Å². The Kier molecular flexibility index (Phi) is 4.25. The van der Waals surface area contributed by atoms with E-state index >= 15 is 0 Å². The van der Waals surface area contributed by atoms with Crippen molar-refractivity contribution in [2.45, 2.75) is 44.1 Å². The van der Waals surface area contributed by atoms with Crippen LogP contribution in [0.5, 0.6) is 0 Å². The molecule has 1 saturated carbocycles. The molecule has 1 atom stereocenters. The van der Waals surface area contributed by atoms with Crippen LogP contribution in [0.1, 0.15) is 32.1 Å². The van der Waals surface area contributed by atoms with E-state index in [-0.39, 0.29) is 5.92 Å². The Labute approximate surface area is 94.0 Å². The standard InChI is InChI=1S/C9H17F2NO3S/c10-9(11,6-16(13,14)15)8(12)7-4-2-1-3-5-7/h7-8H,1-6,12H2,(H,13,14,15)/t8-/m1/s1. The van der Waals surface area contributed by atoms with Crippen molar-refractivity contribution in [2.75, 3.05) is 5.75 Å². The van der Waals surface area contributed by atoms with Crippen LogP contribution >= 0.6 is 0 Å². The smallest absolute Gasteiger partial charge is 0.279 e. The van der Waals surface area contributed by atoms with Gasteiger partial charge in [0, 0.05) is 0 Å². The van der Waals surface area contributed by atoms with Crippen LogP contribution in [0.2, 0.25) is 0 Å². The van der Waals surface area contributed by atoms with Crippen LogP contribution in [0.3, 0.4) is 0 Å². The van der Waals surface area contributed by atoms with Crippen molar-refractivity contribution in [2.24, 2.45) is 11.7 Å². The van der Waals surface area contributed by atoms with Gasteiger partial charge in [0.2, 0.25) is 0 Å². The SMILES string of the molecule is N[C@H](C1CCCCC1)C(F)(F)CS(=O)(=O)O. The highest BCUT2D eigenvalue weighted by Crippen LogP contribution is 2.33. The highest BCUT2D eigenvalue weighted by Gasteiger charge is 2.45. The molecule has 1 rings (SSSR count). The van der Waals surface area contributed by atoms with Crippen LogP contribution in [0.15, 0.2) is 0 Å². The number of nitrogens with two attached hydrogens (primary N) is 1. The molecule has 0 bridgehead atoms. The molecule has 3 N–H and O–H groups in total. The van der Waals surface area contributed by atoms with Crippen LogP contribution < -0.4 is 5.73 Å². The minimum Gasteiger partial charge on any atom is -0.322 e. The minimum absolute atomic E-state index is 0.356. The molecule has 4 nitrogen and oxygen atoms in total. The predicted octanol–water partition coefficient (Wildman–Crippen LogP) is 1.42. The summed E-state index contributed by atoms with van der Waals surface area (Å²) in [7, 11) is -4.70. The Morgan fingerprint density at radius 1 is 1.31 bits per heavy atom. The van der Waals surface area contributed by atoms with Gasteiger partial charge in [-0.05, 0) is 18.8 Å².